The molecule has 1 aliphatic rings. The van der Waals surface area contributed by atoms with Gasteiger partial charge in [0.25, 0.3) is 0 Å². The van der Waals surface area contributed by atoms with Gasteiger partial charge in [0.2, 0.25) is 0 Å². The summed E-state index contributed by atoms with van der Waals surface area (Å²) in [6, 6.07) is 1.54. The molecular formula is C13H17BF3NO3. The van der Waals surface area contributed by atoms with E-state index in [1.54, 1.807) is 0 Å². The molecular weight excluding hydrogens is 286 g/mol. The normalized spacial score (nSPS) is 20.6. The van der Waals surface area contributed by atoms with Gasteiger partial charge in [0.1, 0.15) is 5.75 Å². The van der Waals surface area contributed by atoms with Crippen molar-refractivity contribution in [3.63, 3.8) is 0 Å². The fourth-order valence-electron chi connectivity index (χ4n) is 1.84. The van der Waals surface area contributed by atoms with E-state index in [2.05, 4.69) is 4.98 Å². The van der Waals surface area contributed by atoms with Crippen molar-refractivity contribution in [3.05, 3.63) is 18.5 Å². The summed E-state index contributed by atoms with van der Waals surface area (Å²) >= 11 is 0. The van der Waals surface area contributed by atoms with Crippen LogP contribution in [0, 0.1) is 0 Å². The molecule has 1 fully saturated rings. The molecule has 0 atom stereocenters. The molecule has 0 bridgehead atoms. The van der Waals surface area contributed by atoms with E-state index in [1.165, 1.54) is 18.5 Å². The fourth-order valence-corrected chi connectivity index (χ4v) is 1.84. The molecule has 0 N–H and O–H groups in total. The summed E-state index contributed by atoms with van der Waals surface area (Å²) in [4.78, 5) is 3.79. The topological polar surface area (TPSA) is 40.6 Å². The first-order valence-corrected chi connectivity index (χ1v) is 6.51. The van der Waals surface area contributed by atoms with Gasteiger partial charge in [-0.2, -0.15) is 13.2 Å². The third kappa shape index (κ3) is 3.49. The molecule has 2 heterocycles. The van der Waals surface area contributed by atoms with Gasteiger partial charge in [-0.05, 0) is 33.8 Å². The number of hydrogen-bond donors (Lipinski definition) is 0. The molecule has 21 heavy (non-hydrogen) atoms. The lowest BCUT2D eigenvalue weighted by atomic mass is 9.79. The molecule has 0 unspecified atom stereocenters. The van der Waals surface area contributed by atoms with Gasteiger partial charge in [-0.15, -0.1) is 0 Å². The summed E-state index contributed by atoms with van der Waals surface area (Å²) in [5.41, 5.74) is -0.766. The van der Waals surface area contributed by atoms with Crippen LogP contribution in [0.4, 0.5) is 13.2 Å². The van der Waals surface area contributed by atoms with Gasteiger partial charge in [0.05, 0.1) is 17.4 Å². The quantitative estimate of drug-likeness (QED) is 0.804. The molecule has 4 nitrogen and oxygen atoms in total. The van der Waals surface area contributed by atoms with Crippen LogP contribution in [0.1, 0.15) is 27.7 Å². The average molecular weight is 303 g/mol. The van der Waals surface area contributed by atoms with Crippen molar-refractivity contribution in [2.24, 2.45) is 0 Å². The zero-order chi connectivity index (χ0) is 15.9. The van der Waals surface area contributed by atoms with Gasteiger partial charge in [-0.3, -0.25) is 4.98 Å². The highest BCUT2D eigenvalue weighted by Gasteiger charge is 2.52. The molecule has 1 aliphatic heterocycles. The molecule has 0 aromatic carbocycles. The molecule has 2 rings (SSSR count). The summed E-state index contributed by atoms with van der Waals surface area (Å²) in [6.07, 6.45) is -1.73. The van der Waals surface area contributed by atoms with Crippen molar-refractivity contribution in [2.45, 2.75) is 45.1 Å². The van der Waals surface area contributed by atoms with Crippen molar-refractivity contribution < 1.29 is 27.2 Å². The largest absolute Gasteiger partial charge is 0.498 e. The zero-order valence-electron chi connectivity index (χ0n) is 12.3. The van der Waals surface area contributed by atoms with E-state index in [-0.39, 0.29) is 5.75 Å². The van der Waals surface area contributed by atoms with Crippen LogP contribution in [0.15, 0.2) is 18.5 Å². The predicted molar refractivity (Wildman–Crippen MR) is 71.5 cm³/mol. The third-order valence-corrected chi connectivity index (χ3v) is 3.71. The average Bonchev–Trinajstić information content (AvgIpc) is 2.55. The molecule has 116 valence electrons. The molecule has 0 aliphatic carbocycles. The van der Waals surface area contributed by atoms with Gasteiger partial charge in [0.15, 0.2) is 6.61 Å². The summed E-state index contributed by atoms with van der Waals surface area (Å²) < 4.78 is 53.3. The Balaban J connectivity index is 2.22. The van der Waals surface area contributed by atoms with Crippen LogP contribution in [0.25, 0.3) is 0 Å². The number of rotatable bonds is 3. The highest BCUT2D eigenvalue weighted by molar-refractivity contribution is 6.63. The van der Waals surface area contributed by atoms with Gasteiger partial charge in [-0.25, -0.2) is 0 Å². The van der Waals surface area contributed by atoms with Crippen LogP contribution >= 0.6 is 0 Å². The first kappa shape index (κ1) is 16.1. The van der Waals surface area contributed by atoms with Gasteiger partial charge >= 0.3 is 13.3 Å². The Morgan fingerprint density at radius 1 is 1.19 bits per heavy atom. The second-order valence-corrected chi connectivity index (χ2v) is 5.91. The highest BCUT2D eigenvalue weighted by Crippen LogP contribution is 2.37. The van der Waals surface area contributed by atoms with Crippen molar-refractivity contribution in [2.75, 3.05) is 6.61 Å². The Bertz CT molecular complexity index is 504. The van der Waals surface area contributed by atoms with E-state index in [4.69, 9.17) is 14.0 Å². The second kappa shape index (κ2) is 5.17. The minimum atomic E-state index is -4.41. The summed E-state index contributed by atoms with van der Waals surface area (Å²) in [5, 5.41) is 0. The number of alkyl halides is 3. The Kier molecular flexibility index (Phi) is 3.97. The number of halogens is 3. The lowest BCUT2D eigenvalue weighted by Crippen LogP contribution is -2.41. The molecule has 1 aromatic rings. The van der Waals surface area contributed by atoms with E-state index in [1.807, 2.05) is 27.7 Å². The fraction of sp³-hybridized carbons (Fsp3) is 0.615. The van der Waals surface area contributed by atoms with Gasteiger partial charge in [-0.1, -0.05) is 0 Å². The summed E-state index contributed by atoms with van der Waals surface area (Å²) in [7, 11) is -0.791. The zero-order valence-corrected chi connectivity index (χ0v) is 12.3. The molecule has 1 saturated heterocycles. The molecule has 1 aromatic heterocycles. The van der Waals surface area contributed by atoms with Crippen LogP contribution < -0.4 is 10.2 Å². The SMILES string of the molecule is CC1(C)OB(c2ccncc2OCC(F)(F)F)OC1(C)C. The number of nitrogens with zero attached hydrogens (tertiary/aromatic N) is 1. The summed E-state index contributed by atoms with van der Waals surface area (Å²) in [6.45, 7) is 6.08. The maximum Gasteiger partial charge on any atom is 0.498 e. The van der Waals surface area contributed by atoms with Crippen LogP contribution in [0.3, 0.4) is 0 Å². The second-order valence-electron chi connectivity index (χ2n) is 5.91. The van der Waals surface area contributed by atoms with Crippen LogP contribution in [0.5, 0.6) is 5.75 Å². The Morgan fingerprint density at radius 3 is 2.29 bits per heavy atom. The monoisotopic (exact) mass is 303 g/mol. The van der Waals surface area contributed by atoms with E-state index >= 15 is 0 Å². The molecule has 0 spiro atoms. The minimum Gasteiger partial charge on any atom is -0.483 e. The first-order valence-electron chi connectivity index (χ1n) is 6.51. The number of hydrogen-bond acceptors (Lipinski definition) is 4. The Hall–Kier alpha value is -1.28. The number of ether oxygens (including phenoxy) is 1. The maximum atomic E-state index is 12.3. The predicted octanol–water partition coefficient (Wildman–Crippen LogP) is 2.32. The molecule has 0 saturated carbocycles. The van der Waals surface area contributed by atoms with E-state index < -0.39 is 31.1 Å². The van der Waals surface area contributed by atoms with Crippen LogP contribution in [-0.4, -0.2) is 36.1 Å². The smallest absolute Gasteiger partial charge is 0.483 e. The van der Waals surface area contributed by atoms with Gasteiger partial charge < -0.3 is 14.0 Å². The maximum absolute atomic E-state index is 12.3. The molecule has 8 heteroatoms. The van der Waals surface area contributed by atoms with Crippen LogP contribution in [0.2, 0.25) is 0 Å². The van der Waals surface area contributed by atoms with E-state index in [9.17, 15) is 13.2 Å². The third-order valence-electron chi connectivity index (χ3n) is 3.71. The van der Waals surface area contributed by atoms with Crippen LogP contribution in [-0.2, 0) is 9.31 Å². The van der Waals surface area contributed by atoms with Crippen molar-refractivity contribution in [3.8, 4) is 5.75 Å². The summed E-state index contributed by atoms with van der Waals surface area (Å²) in [5.74, 6) is 0.00771. The van der Waals surface area contributed by atoms with Crippen molar-refractivity contribution >= 4 is 12.6 Å². The highest BCUT2D eigenvalue weighted by atomic mass is 19.4. The lowest BCUT2D eigenvalue weighted by Gasteiger charge is -2.32. The number of pyridine rings is 1. The van der Waals surface area contributed by atoms with Gasteiger partial charge in [0, 0.05) is 11.7 Å². The lowest BCUT2D eigenvalue weighted by molar-refractivity contribution is -0.153. The minimum absolute atomic E-state index is 0.00771. The van der Waals surface area contributed by atoms with Crippen molar-refractivity contribution in [1.82, 2.24) is 4.98 Å². The van der Waals surface area contributed by atoms with Crippen molar-refractivity contribution in [1.29, 1.82) is 0 Å². The standard InChI is InChI=1S/C13H17BF3NO3/c1-11(2)12(3,4)21-14(20-11)9-5-6-18-7-10(9)19-8-13(15,16)17/h5-7H,8H2,1-4H3. The van der Waals surface area contributed by atoms with E-state index in [0.29, 0.717) is 5.46 Å². The Morgan fingerprint density at radius 2 is 1.76 bits per heavy atom. The molecule has 0 amide bonds. The Labute approximate surface area is 121 Å². The molecule has 0 radical (unpaired) electrons. The van der Waals surface area contributed by atoms with E-state index in [0.717, 1.165) is 0 Å². The number of aromatic nitrogens is 1. The first-order chi connectivity index (χ1) is 9.52.